The van der Waals surface area contributed by atoms with Gasteiger partial charge in [-0.2, -0.15) is 0 Å². The van der Waals surface area contributed by atoms with Gasteiger partial charge in [0, 0.05) is 37.7 Å². The van der Waals surface area contributed by atoms with E-state index in [1.54, 1.807) is 0 Å². The third-order valence-corrected chi connectivity index (χ3v) is 4.10. The van der Waals surface area contributed by atoms with Crippen LogP contribution in [-0.4, -0.2) is 40.7 Å². The fraction of sp³-hybridized carbons (Fsp3) is 0.353. The number of carboxylic acids is 1. The summed E-state index contributed by atoms with van der Waals surface area (Å²) in [5.41, 5.74) is 1.21. The number of anilines is 2. The first-order chi connectivity index (χ1) is 11.2. The Morgan fingerprint density at radius 1 is 1.26 bits per heavy atom. The van der Waals surface area contributed by atoms with Crippen molar-refractivity contribution in [3.63, 3.8) is 0 Å². The Hall–Kier alpha value is -2.63. The molecule has 0 bridgehead atoms. The molecule has 1 unspecified atom stereocenters. The van der Waals surface area contributed by atoms with E-state index in [1.807, 2.05) is 6.07 Å². The van der Waals surface area contributed by atoms with Gasteiger partial charge in [-0.3, -0.25) is 0 Å². The van der Waals surface area contributed by atoms with Gasteiger partial charge in [0.15, 0.2) is 11.5 Å². The van der Waals surface area contributed by atoms with Crippen molar-refractivity contribution in [2.24, 2.45) is 5.92 Å². The second-order valence-corrected chi connectivity index (χ2v) is 5.73. The fourth-order valence-corrected chi connectivity index (χ4v) is 2.97. The fourth-order valence-electron chi connectivity index (χ4n) is 2.97. The molecule has 0 spiro atoms. The number of carbonyl (C=O) groups is 1. The average molecular weight is 312 g/mol. The lowest BCUT2D eigenvalue weighted by Crippen LogP contribution is -2.38. The summed E-state index contributed by atoms with van der Waals surface area (Å²) >= 11 is 0. The summed E-state index contributed by atoms with van der Waals surface area (Å²) in [4.78, 5) is 21.5. The topological polar surface area (TPSA) is 78.3 Å². The van der Waals surface area contributed by atoms with Crippen molar-refractivity contribution in [3.8, 4) is 0 Å². The number of carboxylic acid groups (broad SMARTS) is 1. The highest BCUT2D eigenvalue weighted by Crippen LogP contribution is 2.23. The van der Waals surface area contributed by atoms with E-state index in [4.69, 9.17) is 5.11 Å². The molecule has 2 N–H and O–H groups in total. The Balaban J connectivity index is 1.62. The number of nitrogens with zero attached hydrogens (tertiary/aromatic N) is 3. The summed E-state index contributed by atoms with van der Waals surface area (Å²) in [6.45, 7) is 2.72. The minimum Gasteiger partial charge on any atom is -0.476 e. The third kappa shape index (κ3) is 3.77. The molecule has 1 saturated heterocycles. The summed E-state index contributed by atoms with van der Waals surface area (Å²) in [5.74, 6) is -0.264. The first-order valence-electron chi connectivity index (χ1n) is 7.82. The van der Waals surface area contributed by atoms with Crippen molar-refractivity contribution >= 4 is 17.5 Å². The zero-order valence-corrected chi connectivity index (χ0v) is 12.9. The van der Waals surface area contributed by atoms with Crippen molar-refractivity contribution in [3.05, 3.63) is 48.4 Å². The first-order valence-corrected chi connectivity index (χ1v) is 7.82. The molecule has 0 aliphatic carbocycles. The van der Waals surface area contributed by atoms with Crippen LogP contribution in [0.3, 0.4) is 0 Å². The SMILES string of the molecule is O=C(O)c1nccnc1NCC1CCCN(c2ccccc2)C1. The van der Waals surface area contributed by atoms with Crippen molar-refractivity contribution in [1.29, 1.82) is 0 Å². The first kappa shape index (κ1) is 15.3. The van der Waals surface area contributed by atoms with Gasteiger partial charge in [0.25, 0.3) is 0 Å². The molecule has 6 nitrogen and oxygen atoms in total. The zero-order valence-electron chi connectivity index (χ0n) is 12.9. The molecule has 2 aromatic rings. The van der Waals surface area contributed by atoms with Gasteiger partial charge in [0.1, 0.15) is 0 Å². The van der Waals surface area contributed by atoms with E-state index in [9.17, 15) is 4.79 Å². The Morgan fingerprint density at radius 3 is 2.83 bits per heavy atom. The number of nitrogens with one attached hydrogen (secondary N) is 1. The van der Waals surface area contributed by atoms with Crippen LogP contribution in [0.4, 0.5) is 11.5 Å². The lowest BCUT2D eigenvalue weighted by molar-refractivity contribution is 0.0691. The number of benzene rings is 1. The summed E-state index contributed by atoms with van der Waals surface area (Å²) in [6.07, 6.45) is 5.16. The molecule has 120 valence electrons. The molecular formula is C17H20N4O2. The number of aromatic carboxylic acids is 1. The Bertz CT molecular complexity index is 663. The minimum atomic E-state index is -1.06. The molecule has 6 heteroatoms. The normalized spacial score (nSPS) is 17.7. The smallest absolute Gasteiger partial charge is 0.358 e. The maximum Gasteiger partial charge on any atom is 0.358 e. The van der Waals surface area contributed by atoms with E-state index in [0.717, 1.165) is 25.9 Å². The van der Waals surface area contributed by atoms with Gasteiger partial charge in [-0.15, -0.1) is 0 Å². The molecule has 1 aromatic carbocycles. The van der Waals surface area contributed by atoms with Crippen LogP contribution in [0.15, 0.2) is 42.7 Å². The Labute approximate surface area is 135 Å². The second-order valence-electron chi connectivity index (χ2n) is 5.73. The van der Waals surface area contributed by atoms with Gasteiger partial charge in [-0.25, -0.2) is 14.8 Å². The van der Waals surface area contributed by atoms with Crippen LogP contribution in [0.25, 0.3) is 0 Å². The molecular weight excluding hydrogens is 292 g/mol. The van der Waals surface area contributed by atoms with Gasteiger partial charge in [0.2, 0.25) is 0 Å². The maximum atomic E-state index is 11.2. The Morgan fingerprint density at radius 2 is 2.04 bits per heavy atom. The van der Waals surface area contributed by atoms with E-state index in [0.29, 0.717) is 18.3 Å². The van der Waals surface area contributed by atoms with Crippen molar-refractivity contribution in [2.45, 2.75) is 12.8 Å². The highest BCUT2D eigenvalue weighted by molar-refractivity contribution is 5.90. The maximum absolute atomic E-state index is 11.2. The van der Waals surface area contributed by atoms with E-state index in [2.05, 4.69) is 44.5 Å². The van der Waals surface area contributed by atoms with Crippen LogP contribution < -0.4 is 10.2 Å². The van der Waals surface area contributed by atoms with Crippen LogP contribution in [0.1, 0.15) is 23.3 Å². The van der Waals surface area contributed by atoms with E-state index < -0.39 is 5.97 Å². The predicted molar refractivity (Wildman–Crippen MR) is 88.9 cm³/mol. The number of piperidine rings is 1. The molecule has 1 aromatic heterocycles. The van der Waals surface area contributed by atoms with Gasteiger partial charge in [0.05, 0.1) is 0 Å². The van der Waals surface area contributed by atoms with Crippen molar-refractivity contribution in [1.82, 2.24) is 9.97 Å². The molecule has 23 heavy (non-hydrogen) atoms. The van der Waals surface area contributed by atoms with E-state index in [-0.39, 0.29) is 5.69 Å². The van der Waals surface area contributed by atoms with Crippen molar-refractivity contribution < 1.29 is 9.90 Å². The lowest BCUT2D eigenvalue weighted by Gasteiger charge is -2.34. The molecule has 3 rings (SSSR count). The number of aromatic nitrogens is 2. The summed E-state index contributed by atoms with van der Waals surface area (Å²) < 4.78 is 0. The average Bonchev–Trinajstić information content (AvgIpc) is 2.61. The largest absolute Gasteiger partial charge is 0.476 e. The second kappa shape index (κ2) is 7.09. The molecule has 0 amide bonds. The van der Waals surface area contributed by atoms with Crippen LogP contribution >= 0.6 is 0 Å². The number of hydrogen-bond acceptors (Lipinski definition) is 5. The standard InChI is InChI=1S/C17H20N4O2/c22-17(23)15-16(19-9-8-18-15)20-11-13-5-4-10-21(12-13)14-6-2-1-3-7-14/h1-3,6-9,13H,4-5,10-12H2,(H,19,20)(H,22,23). The molecule has 1 aliphatic heterocycles. The third-order valence-electron chi connectivity index (χ3n) is 4.10. The molecule has 2 heterocycles. The lowest BCUT2D eigenvalue weighted by atomic mass is 9.97. The molecule has 1 aliphatic rings. The molecule has 1 fully saturated rings. The molecule has 1 atom stereocenters. The molecule has 0 saturated carbocycles. The van der Waals surface area contributed by atoms with Gasteiger partial charge in [-0.05, 0) is 30.9 Å². The highest BCUT2D eigenvalue weighted by atomic mass is 16.4. The van der Waals surface area contributed by atoms with Gasteiger partial charge in [-0.1, -0.05) is 18.2 Å². The van der Waals surface area contributed by atoms with Gasteiger partial charge < -0.3 is 15.3 Å². The summed E-state index contributed by atoms with van der Waals surface area (Å²) in [6, 6.07) is 10.4. The van der Waals surface area contributed by atoms with Crippen LogP contribution in [-0.2, 0) is 0 Å². The monoisotopic (exact) mass is 312 g/mol. The van der Waals surface area contributed by atoms with E-state index in [1.165, 1.54) is 18.1 Å². The highest BCUT2D eigenvalue weighted by Gasteiger charge is 2.21. The predicted octanol–water partition coefficient (Wildman–Crippen LogP) is 2.50. The molecule has 0 radical (unpaired) electrons. The quantitative estimate of drug-likeness (QED) is 0.883. The van der Waals surface area contributed by atoms with Crippen LogP contribution in [0, 0.1) is 5.92 Å². The van der Waals surface area contributed by atoms with Crippen LogP contribution in [0.2, 0.25) is 0 Å². The summed E-state index contributed by atoms with van der Waals surface area (Å²) in [7, 11) is 0. The van der Waals surface area contributed by atoms with Crippen LogP contribution in [0.5, 0.6) is 0 Å². The summed E-state index contributed by atoms with van der Waals surface area (Å²) in [5, 5.41) is 12.3. The van der Waals surface area contributed by atoms with Crippen molar-refractivity contribution in [2.75, 3.05) is 29.9 Å². The minimum absolute atomic E-state index is 0.0248. The number of rotatable bonds is 5. The number of para-hydroxylation sites is 1. The Kier molecular flexibility index (Phi) is 4.71. The zero-order chi connectivity index (χ0) is 16.1. The number of hydrogen-bond donors (Lipinski definition) is 2. The van der Waals surface area contributed by atoms with Gasteiger partial charge >= 0.3 is 5.97 Å². The van der Waals surface area contributed by atoms with E-state index >= 15 is 0 Å².